The average molecular weight is 252 g/mol. The van der Waals surface area contributed by atoms with Crippen LogP contribution in [0.5, 0.6) is 0 Å². The van der Waals surface area contributed by atoms with Crippen molar-refractivity contribution in [2.75, 3.05) is 0 Å². The summed E-state index contributed by atoms with van der Waals surface area (Å²) >= 11 is 0. The molecule has 18 heavy (non-hydrogen) atoms. The molecule has 1 saturated carbocycles. The Morgan fingerprint density at radius 3 is 2.78 bits per heavy atom. The van der Waals surface area contributed by atoms with Crippen LogP contribution in [0.3, 0.4) is 0 Å². The van der Waals surface area contributed by atoms with Gasteiger partial charge in [-0.2, -0.15) is 0 Å². The smallest absolute Gasteiger partial charge is 0.140 e. The highest BCUT2D eigenvalue weighted by atomic mass is 19.1. The van der Waals surface area contributed by atoms with Crippen molar-refractivity contribution in [3.63, 3.8) is 0 Å². The standard InChI is InChI=1S/C15H18F2O/c1-10-3-2-4-12(7-10)15(18)8-11-5-6-13(16)9-14(11)17/h5-6,9-10,12H,2-4,7-8H2,1H3. The minimum absolute atomic E-state index is 0.0539. The number of hydrogen-bond acceptors (Lipinski definition) is 1. The van der Waals surface area contributed by atoms with Gasteiger partial charge in [0, 0.05) is 18.4 Å². The highest BCUT2D eigenvalue weighted by Gasteiger charge is 2.25. The third-order valence-electron chi connectivity index (χ3n) is 3.77. The van der Waals surface area contributed by atoms with E-state index in [1.54, 1.807) is 0 Å². The first-order valence-electron chi connectivity index (χ1n) is 6.53. The van der Waals surface area contributed by atoms with E-state index in [-0.39, 0.29) is 18.1 Å². The van der Waals surface area contributed by atoms with E-state index in [1.165, 1.54) is 18.6 Å². The molecule has 1 aromatic rings. The molecule has 0 radical (unpaired) electrons. The molecule has 0 N–H and O–H groups in total. The van der Waals surface area contributed by atoms with Crippen molar-refractivity contribution in [3.05, 3.63) is 35.4 Å². The Kier molecular flexibility index (Phi) is 4.10. The molecule has 1 aliphatic carbocycles. The first-order valence-corrected chi connectivity index (χ1v) is 6.53. The summed E-state index contributed by atoms with van der Waals surface area (Å²) in [6, 6.07) is 3.41. The first-order chi connectivity index (χ1) is 8.56. The van der Waals surface area contributed by atoms with Gasteiger partial charge in [-0.05, 0) is 30.4 Å². The molecule has 1 aliphatic rings. The quantitative estimate of drug-likeness (QED) is 0.797. The largest absolute Gasteiger partial charge is 0.299 e. The fourth-order valence-electron chi connectivity index (χ4n) is 2.72. The van der Waals surface area contributed by atoms with Crippen molar-refractivity contribution < 1.29 is 13.6 Å². The summed E-state index contributed by atoms with van der Waals surface area (Å²) in [7, 11) is 0. The van der Waals surface area contributed by atoms with Crippen molar-refractivity contribution in [2.24, 2.45) is 11.8 Å². The molecule has 0 heterocycles. The van der Waals surface area contributed by atoms with Crippen LogP contribution >= 0.6 is 0 Å². The lowest BCUT2D eigenvalue weighted by molar-refractivity contribution is -0.123. The van der Waals surface area contributed by atoms with E-state index in [0.717, 1.165) is 25.3 Å². The predicted octanol–water partition coefficient (Wildman–Crippen LogP) is 3.90. The number of hydrogen-bond donors (Lipinski definition) is 0. The van der Waals surface area contributed by atoms with Gasteiger partial charge in [0.25, 0.3) is 0 Å². The molecule has 1 aromatic carbocycles. The number of carbonyl (C=O) groups excluding carboxylic acids is 1. The maximum absolute atomic E-state index is 13.5. The van der Waals surface area contributed by atoms with Gasteiger partial charge in [-0.3, -0.25) is 4.79 Å². The molecule has 0 spiro atoms. The van der Waals surface area contributed by atoms with Crippen LogP contribution in [-0.2, 0) is 11.2 Å². The van der Waals surface area contributed by atoms with Gasteiger partial charge in [-0.1, -0.05) is 25.8 Å². The van der Waals surface area contributed by atoms with E-state index in [0.29, 0.717) is 11.5 Å². The summed E-state index contributed by atoms with van der Waals surface area (Å²) in [6.45, 7) is 2.15. The van der Waals surface area contributed by atoms with Gasteiger partial charge in [0.1, 0.15) is 17.4 Å². The fraction of sp³-hybridized carbons (Fsp3) is 0.533. The Balaban J connectivity index is 2.02. The second-order valence-electron chi connectivity index (χ2n) is 5.35. The van der Waals surface area contributed by atoms with Gasteiger partial charge in [0.05, 0.1) is 0 Å². The molecule has 0 aliphatic heterocycles. The maximum Gasteiger partial charge on any atom is 0.140 e. The molecule has 0 amide bonds. The van der Waals surface area contributed by atoms with E-state index in [1.807, 2.05) is 0 Å². The summed E-state index contributed by atoms with van der Waals surface area (Å²) in [5, 5.41) is 0. The minimum Gasteiger partial charge on any atom is -0.299 e. The van der Waals surface area contributed by atoms with Crippen molar-refractivity contribution in [1.82, 2.24) is 0 Å². The van der Waals surface area contributed by atoms with E-state index < -0.39 is 11.6 Å². The molecule has 2 unspecified atom stereocenters. The zero-order chi connectivity index (χ0) is 13.1. The van der Waals surface area contributed by atoms with Crippen molar-refractivity contribution in [1.29, 1.82) is 0 Å². The molecular formula is C15H18F2O. The van der Waals surface area contributed by atoms with Crippen LogP contribution in [0, 0.1) is 23.5 Å². The molecule has 0 bridgehead atoms. The SMILES string of the molecule is CC1CCCC(C(=O)Cc2ccc(F)cc2F)C1. The van der Waals surface area contributed by atoms with Gasteiger partial charge in [0.15, 0.2) is 0 Å². The van der Waals surface area contributed by atoms with E-state index in [2.05, 4.69) is 6.92 Å². The number of ketones is 1. The molecule has 98 valence electrons. The van der Waals surface area contributed by atoms with Gasteiger partial charge in [0.2, 0.25) is 0 Å². The van der Waals surface area contributed by atoms with E-state index in [4.69, 9.17) is 0 Å². The van der Waals surface area contributed by atoms with Crippen molar-refractivity contribution in [3.8, 4) is 0 Å². The van der Waals surface area contributed by atoms with Gasteiger partial charge < -0.3 is 0 Å². The lowest BCUT2D eigenvalue weighted by Gasteiger charge is -2.25. The van der Waals surface area contributed by atoms with Crippen LogP contribution in [0.15, 0.2) is 18.2 Å². The Hall–Kier alpha value is -1.25. The van der Waals surface area contributed by atoms with Crippen molar-refractivity contribution >= 4 is 5.78 Å². The maximum atomic E-state index is 13.5. The highest BCUT2D eigenvalue weighted by Crippen LogP contribution is 2.30. The van der Waals surface area contributed by atoms with Crippen LogP contribution < -0.4 is 0 Å². The third-order valence-corrected chi connectivity index (χ3v) is 3.77. The third kappa shape index (κ3) is 3.15. The van der Waals surface area contributed by atoms with Crippen molar-refractivity contribution in [2.45, 2.75) is 39.0 Å². The Labute approximate surface area is 106 Å². The monoisotopic (exact) mass is 252 g/mol. The topological polar surface area (TPSA) is 17.1 Å². The van der Waals surface area contributed by atoms with Crippen LogP contribution in [0.1, 0.15) is 38.2 Å². The van der Waals surface area contributed by atoms with Gasteiger partial charge >= 0.3 is 0 Å². The van der Waals surface area contributed by atoms with Gasteiger partial charge in [-0.25, -0.2) is 8.78 Å². The highest BCUT2D eigenvalue weighted by molar-refractivity contribution is 5.83. The summed E-state index contributed by atoms with van der Waals surface area (Å²) in [5.74, 6) is -0.502. The van der Waals surface area contributed by atoms with Crippen LogP contribution in [0.2, 0.25) is 0 Å². The van der Waals surface area contributed by atoms with E-state index in [9.17, 15) is 13.6 Å². The Morgan fingerprint density at radius 2 is 2.11 bits per heavy atom. The minimum atomic E-state index is -0.618. The lowest BCUT2D eigenvalue weighted by Crippen LogP contribution is -2.23. The number of Topliss-reactive ketones (excluding diaryl/α,β-unsaturated/α-hetero) is 1. The molecule has 0 aromatic heterocycles. The molecule has 2 atom stereocenters. The molecule has 0 saturated heterocycles. The van der Waals surface area contributed by atoms with Crippen LogP contribution in [0.25, 0.3) is 0 Å². The number of benzene rings is 1. The zero-order valence-electron chi connectivity index (χ0n) is 10.6. The normalized spacial score (nSPS) is 23.9. The first kappa shape index (κ1) is 13.2. The molecule has 1 fully saturated rings. The van der Waals surface area contributed by atoms with Gasteiger partial charge in [-0.15, -0.1) is 0 Å². The predicted molar refractivity (Wildman–Crippen MR) is 66.2 cm³/mol. The summed E-state index contributed by atoms with van der Waals surface area (Å²) in [6.07, 6.45) is 4.15. The lowest BCUT2D eigenvalue weighted by atomic mass is 9.79. The number of rotatable bonds is 3. The van der Waals surface area contributed by atoms with E-state index >= 15 is 0 Å². The summed E-state index contributed by atoms with van der Waals surface area (Å²) in [5.41, 5.74) is 0.305. The second kappa shape index (κ2) is 5.59. The average Bonchev–Trinajstić information content (AvgIpc) is 2.32. The summed E-state index contributed by atoms with van der Waals surface area (Å²) in [4.78, 5) is 12.1. The number of carbonyl (C=O) groups is 1. The Bertz CT molecular complexity index is 442. The molecular weight excluding hydrogens is 234 g/mol. The van der Waals surface area contributed by atoms with Crippen LogP contribution in [0.4, 0.5) is 8.78 Å². The number of halogens is 2. The fourth-order valence-corrected chi connectivity index (χ4v) is 2.72. The molecule has 2 rings (SSSR count). The Morgan fingerprint density at radius 1 is 1.33 bits per heavy atom. The molecule has 3 heteroatoms. The zero-order valence-corrected chi connectivity index (χ0v) is 10.6. The molecule has 1 nitrogen and oxygen atoms in total. The second-order valence-corrected chi connectivity index (χ2v) is 5.35. The van der Waals surface area contributed by atoms with Crippen LogP contribution in [-0.4, -0.2) is 5.78 Å². The summed E-state index contributed by atoms with van der Waals surface area (Å²) < 4.78 is 26.2.